The standard InChI is InChI=1S/C74H76N2/c1-9-11-13-15-21-55-45-68(54-33-29-52(30-34-54)62-40-36-58(44-50(62)4)76-60-38-42-66-64-24-18-20-26-70(64)74(7,8)72(66)48-60)56(22-16-14-12-10-2)46-67(55)53-31-27-51(28-32-53)61-39-35-57(43-49(61)3)75-59-37-41-65-63-23-17-19-25-69(63)73(5,6)71(65)47-59/h17-20,23-48,75-76H,9-16,21-22H2,1-8H3. The number of anilines is 4. The van der Waals surface area contributed by atoms with Crippen LogP contribution in [0.15, 0.2) is 182 Å². The first-order valence-electron chi connectivity index (χ1n) is 28.5. The Hall–Kier alpha value is -7.42. The van der Waals surface area contributed by atoms with Gasteiger partial charge in [0.15, 0.2) is 0 Å². The van der Waals surface area contributed by atoms with Gasteiger partial charge in [0.25, 0.3) is 0 Å². The van der Waals surface area contributed by atoms with Gasteiger partial charge < -0.3 is 10.6 Å². The average Bonchev–Trinajstić information content (AvgIpc) is 3.82. The van der Waals surface area contributed by atoms with Crippen LogP contribution in [0.3, 0.4) is 0 Å². The number of fused-ring (bicyclic) bond motifs is 6. The number of hydrogen-bond acceptors (Lipinski definition) is 2. The molecule has 0 saturated heterocycles. The maximum absolute atomic E-state index is 3.75. The van der Waals surface area contributed by atoms with Gasteiger partial charge in [-0.05, 0) is 199 Å². The van der Waals surface area contributed by atoms with Gasteiger partial charge in [0.1, 0.15) is 0 Å². The van der Waals surface area contributed by atoms with Crippen molar-refractivity contribution in [3.63, 3.8) is 0 Å². The molecule has 0 atom stereocenters. The van der Waals surface area contributed by atoms with Gasteiger partial charge in [-0.3, -0.25) is 0 Å². The summed E-state index contributed by atoms with van der Waals surface area (Å²) >= 11 is 0. The van der Waals surface area contributed by atoms with E-state index in [1.54, 1.807) is 0 Å². The van der Waals surface area contributed by atoms with E-state index in [0.717, 1.165) is 35.6 Å². The van der Waals surface area contributed by atoms with Crippen LogP contribution in [0.2, 0.25) is 0 Å². The normalized spacial score (nSPS) is 13.5. The summed E-state index contributed by atoms with van der Waals surface area (Å²) in [6, 6.07) is 69.1. The molecule has 2 aliphatic carbocycles. The number of aryl methyl sites for hydroxylation is 4. The number of benzene rings is 9. The topological polar surface area (TPSA) is 24.1 Å². The van der Waals surface area contributed by atoms with Crippen molar-refractivity contribution in [1.82, 2.24) is 0 Å². The fourth-order valence-electron chi connectivity index (χ4n) is 12.8. The van der Waals surface area contributed by atoms with Gasteiger partial charge in [0, 0.05) is 33.6 Å². The minimum absolute atomic E-state index is 0.0268. The largest absolute Gasteiger partial charge is 0.356 e. The van der Waals surface area contributed by atoms with Crippen molar-refractivity contribution in [2.45, 2.75) is 130 Å². The Labute approximate surface area is 454 Å². The summed E-state index contributed by atoms with van der Waals surface area (Å²) in [7, 11) is 0. The number of rotatable bonds is 18. The summed E-state index contributed by atoms with van der Waals surface area (Å²) < 4.78 is 0. The maximum Gasteiger partial charge on any atom is 0.0387 e. The second kappa shape index (κ2) is 21.3. The first-order valence-corrected chi connectivity index (χ1v) is 28.5. The fourth-order valence-corrected chi connectivity index (χ4v) is 12.8. The van der Waals surface area contributed by atoms with Crippen LogP contribution in [0.1, 0.15) is 137 Å². The van der Waals surface area contributed by atoms with Gasteiger partial charge in [-0.15, -0.1) is 0 Å². The zero-order chi connectivity index (χ0) is 52.6. The van der Waals surface area contributed by atoms with Crippen LogP contribution in [0.5, 0.6) is 0 Å². The molecule has 9 aromatic carbocycles. The molecule has 0 unspecified atom stereocenters. The number of hydrogen-bond donors (Lipinski definition) is 2. The average molecular weight is 993 g/mol. The van der Waals surface area contributed by atoms with Crippen LogP contribution in [0.25, 0.3) is 66.8 Å². The Morgan fingerprint density at radius 3 is 1.00 bits per heavy atom. The predicted octanol–water partition coefficient (Wildman–Crippen LogP) is 21.3. The summed E-state index contributed by atoms with van der Waals surface area (Å²) in [6.07, 6.45) is 12.1. The van der Waals surface area contributed by atoms with Crippen molar-refractivity contribution in [2.75, 3.05) is 10.6 Å². The zero-order valence-corrected chi connectivity index (χ0v) is 46.4. The molecule has 0 bridgehead atoms. The van der Waals surface area contributed by atoms with Gasteiger partial charge >= 0.3 is 0 Å². The smallest absolute Gasteiger partial charge is 0.0387 e. The van der Waals surface area contributed by atoms with E-state index in [9.17, 15) is 0 Å². The minimum Gasteiger partial charge on any atom is -0.356 e. The summed E-state index contributed by atoms with van der Waals surface area (Å²) in [6.45, 7) is 18.5. The summed E-state index contributed by atoms with van der Waals surface area (Å²) in [5, 5.41) is 7.50. The SMILES string of the molecule is CCCCCCc1cc(-c2ccc(-c3ccc(Nc4ccc5c(c4)C(C)(C)c4ccccc4-5)cc3C)cc2)c(CCCCCC)cc1-c1ccc(-c2ccc(Nc3ccc4c(c3)C(C)(C)c3ccccc3-4)cc2C)cc1. The molecule has 0 aliphatic heterocycles. The first kappa shape index (κ1) is 50.7. The van der Waals surface area contributed by atoms with Crippen molar-refractivity contribution < 1.29 is 0 Å². The summed E-state index contributed by atoms with van der Waals surface area (Å²) in [5.74, 6) is 0. The lowest BCUT2D eigenvalue weighted by molar-refractivity contribution is 0.660. The van der Waals surface area contributed by atoms with Crippen LogP contribution in [-0.4, -0.2) is 0 Å². The highest BCUT2D eigenvalue weighted by Gasteiger charge is 2.36. The summed E-state index contributed by atoms with van der Waals surface area (Å²) in [5.41, 5.74) is 31.3. The second-order valence-electron chi connectivity index (χ2n) is 23.1. The molecule has 2 heteroatoms. The molecule has 0 fully saturated rings. The van der Waals surface area contributed by atoms with Crippen molar-refractivity contribution in [3.8, 4) is 66.8 Å². The molecule has 382 valence electrons. The van der Waals surface area contributed by atoms with Gasteiger partial charge in [0.2, 0.25) is 0 Å². The Kier molecular flexibility index (Phi) is 14.2. The number of nitrogens with one attached hydrogen (secondary N) is 2. The molecule has 76 heavy (non-hydrogen) atoms. The molecule has 11 rings (SSSR count). The molecular formula is C74H76N2. The minimum atomic E-state index is -0.0268. The Morgan fingerprint density at radius 2 is 0.632 bits per heavy atom. The molecular weight excluding hydrogens is 917 g/mol. The first-order chi connectivity index (χ1) is 36.9. The van der Waals surface area contributed by atoms with E-state index in [2.05, 4.69) is 248 Å². The lowest BCUT2D eigenvalue weighted by atomic mass is 9.82. The molecule has 0 amide bonds. The van der Waals surface area contributed by atoms with Crippen molar-refractivity contribution >= 4 is 22.7 Å². The molecule has 2 N–H and O–H groups in total. The van der Waals surface area contributed by atoms with E-state index >= 15 is 0 Å². The van der Waals surface area contributed by atoms with Crippen molar-refractivity contribution in [3.05, 3.63) is 226 Å². The molecule has 0 heterocycles. The van der Waals surface area contributed by atoms with Gasteiger partial charge in [-0.2, -0.15) is 0 Å². The van der Waals surface area contributed by atoms with Gasteiger partial charge in [0.05, 0.1) is 0 Å². The summed E-state index contributed by atoms with van der Waals surface area (Å²) in [4.78, 5) is 0. The van der Waals surface area contributed by atoms with E-state index in [0.29, 0.717) is 0 Å². The van der Waals surface area contributed by atoms with E-state index in [-0.39, 0.29) is 10.8 Å². The lowest BCUT2D eigenvalue weighted by Crippen LogP contribution is -2.15. The third-order valence-electron chi connectivity index (χ3n) is 17.1. The highest BCUT2D eigenvalue weighted by Crippen LogP contribution is 2.51. The van der Waals surface area contributed by atoms with Crippen molar-refractivity contribution in [1.29, 1.82) is 0 Å². The third-order valence-corrected chi connectivity index (χ3v) is 17.1. The molecule has 0 saturated carbocycles. The molecule has 9 aromatic rings. The Balaban J connectivity index is 0.839. The predicted molar refractivity (Wildman–Crippen MR) is 328 cm³/mol. The van der Waals surface area contributed by atoms with E-state index < -0.39 is 0 Å². The van der Waals surface area contributed by atoms with Crippen LogP contribution in [0, 0.1) is 13.8 Å². The van der Waals surface area contributed by atoms with Crippen LogP contribution >= 0.6 is 0 Å². The molecule has 2 nitrogen and oxygen atoms in total. The number of unbranched alkanes of at least 4 members (excludes halogenated alkanes) is 6. The van der Waals surface area contributed by atoms with Crippen LogP contribution in [-0.2, 0) is 23.7 Å². The van der Waals surface area contributed by atoms with E-state index in [1.165, 1.54) is 163 Å². The second-order valence-corrected chi connectivity index (χ2v) is 23.1. The van der Waals surface area contributed by atoms with Gasteiger partial charge in [-0.25, -0.2) is 0 Å². The quantitative estimate of drug-likeness (QED) is 0.0837. The van der Waals surface area contributed by atoms with Crippen LogP contribution < -0.4 is 10.6 Å². The lowest BCUT2D eigenvalue weighted by Gasteiger charge is -2.22. The maximum atomic E-state index is 3.75. The van der Waals surface area contributed by atoms with E-state index in [1.807, 2.05) is 0 Å². The molecule has 0 radical (unpaired) electrons. The Bertz CT molecular complexity index is 3330. The zero-order valence-electron chi connectivity index (χ0n) is 46.4. The monoisotopic (exact) mass is 993 g/mol. The fraction of sp³-hybridized carbons (Fsp3) is 0.270. The highest BCUT2D eigenvalue weighted by atomic mass is 14.9. The molecule has 0 spiro atoms. The van der Waals surface area contributed by atoms with Gasteiger partial charge in [-0.1, -0.05) is 214 Å². The van der Waals surface area contributed by atoms with Crippen LogP contribution in [0.4, 0.5) is 22.7 Å². The molecule has 0 aromatic heterocycles. The third kappa shape index (κ3) is 9.84. The molecule has 2 aliphatic rings. The highest BCUT2D eigenvalue weighted by molar-refractivity contribution is 5.86. The Morgan fingerprint density at radius 1 is 0.303 bits per heavy atom. The van der Waals surface area contributed by atoms with Crippen molar-refractivity contribution in [2.24, 2.45) is 0 Å². The van der Waals surface area contributed by atoms with E-state index in [4.69, 9.17) is 0 Å².